The van der Waals surface area contributed by atoms with E-state index in [4.69, 9.17) is 9.26 Å². The summed E-state index contributed by atoms with van der Waals surface area (Å²) in [6.45, 7) is 3.52. The van der Waals surface area contributed by atoms with E-state index < -0.39 is 29.8 Å². The smallest absolute Gasteiger partial charge is 0.412 e. The van der Waals surface area contributed by atoms with Crippen molar-refractivity contribution >= 4 is 17.9 Å². The Morgan fingerprint density at radius 2 is 1.94 bits per heavy atom. The summed E-state index contributed by atoms with van der Waals surface area (Å²) in [4.78, 5) is 26.2. The molecule has 1 aromatic heterocycles. The molecule has 1 radical (unpaired) electrons. The summed E-state index contributed by atoms with van der Waals surface area (Å²) in [5.74, 6) is -1.32. The van der Waals surface area contributed by atoms with Gasteiger partial charge in [-0.2, -0.15) is 0 Å². The maximum absolute atomic E-state index is 13.8. The quantitative estimate of drug-likeness (QED) is 0.402. The van der Waals surface area contributed by atoms with Gasteiger partial charge < -0.3 is 19.5 Å². The van der Waals surface area contributed by atoms with Crippen LogP contribution in [0.4, 0.5) is 24.2 Å². The second kappa shape index (κ2) is 12.5. The molecular weight excluding hydrogens is 458 g/mol. The number of urea groups is 1. The van der Waals surface area contributed by atoms with E-state index in [0.717, 1.165) is 11.6 Å². The number of hydrogen-bond acceptors (Lipinski definition) is 5. The highest BCUT2D eigenvalue weighted by atomic mass is 19.2. The molecule has 0 saturated heterocycles. The number of nitrogens with zero attached hydrogens (tertiary/aromatic N) is 2. The summed E-state index contributed by atoms with van der Waals surface area (Å²) in [6.07, 6.45) is 1.09. The van der Waals surface area contributed by atoms with E-state index in [-0.39, 0.29) is 24.5 Å². The number of halogens is 2. The van der Waals surface area contributed by atoms with Crippen molar-refractivity contribution < 1.29 is 27.6 Å². The Hall–Kier alpha value is -3.95. The van der Waals surface area contributed by atoms with Crippen molar-refractivity contribution in [2.75, 3.05) is 19.0 Å². The van der Waals surface area contributed by atoms with Crippen molar-refractivity contribution in [1.29, 1.82) is 0 Å². The van der Waals surface area contributed by atoms with Gasteiger partial charge in [-0.15, -0.1) is 0 Å². The molecule has 0 aliphatic heterocycles. The molecule has 0 aliphatic carbocycles. The molecule has 2 N–H and O–H groups in total. The summed E-state index contributed by atoms with van der Waals surface area (Å²) in [6, 6.07) is 13.6. The van der Waals surface area contributed by atoms with E-state index in [1.54, 1.807) is 6.07 Å². The van der Waals surface area contributed by atoms with Gasteiger partial charge in [-0.1, -0.05) is 67.4 Å². The molecule has 35 heavy (non-hydrogen) atoms. The van der Waals surface area contributed by atoms with Gasteiger partial charge in [0.15, 0.2) is 23.2 Å². The highest BCUT2D eigenvalue weighted by molar-refractivity contribution is 5.84. The largest absolute Gasteiger partial charge is 0.447 e. The van der Waals surface area contributed by atoms with Crippen LogP contribution in [0.15, 0.2) is 59.1 Å². The predicted molar refractivity (Wildman–Crippen MR) is 126 cm³/mol. The standard InChI is InChI=1S/C25H27F2N4O4/c1-3-4-12-19(31(2)24(32)28-15-18-11-8-13-20(26)23(18)27)16-34-25(33)29-22-14-21(35-30-22)17-9-6-5-7-10-17/h5-11,13-14,19H,1,3-4,12,15-16H2,2H3,(H,28,32)(H,29,30,33)/t19-/m0/s1. The molecule has 1 heterocycles. The summed E-state index contributed by atoms with van der Waals surface area (Å²) in [5.41, 5.74) is 0.833. The SMILES string of the molecule is [CH2]CCC[C@@H](COC(=O)Nc1cc(-c2ccccc2)on1)N(C)C(=O)NCc1cccc(F)c1F. The van der Waals surface area contributed by atoms with E-state index >= 15 is 0 Å². The fourth-order valence-corrected chi connectivity index (χ4v) is 3.30. The first-order valence-corrected chi connectivity index (χ1v) is 11.1. The number of amides is 3. The van der Waals surface area contributed by atoms with Gasteiger partial charge in [0.05, 0.1) is 6.04 Å². The lowest BCUT2D eigenvalue weighted by Crippen LogP contribution is -2.46. The average molecular weight is 486 g/mol. The number of rotatable bonds is 10. The Bertz CT molecular complexity index is 1120. The number of carbonyl (C=O) groups is 2. The maximum Gasteiger partial charge on any atom is 0.412 e. The predicted octanol–water partition coefficient (Wildman–Crippen LogP) is 5.38. The Balaban J connectivity index is 1.53. The Morgan fingerprint density at radius 3 is 2.69 bits per heavy atom. The van der Waals surface area contributed by atoms with E-state index in [1.165, 1.54) is 24.1 Å². The normalized spacial score (nSPS) is 11.5. The number of aromatic nitrogens is 1. The average Bonchev–Trinajstić information content (AvgIpc) is 3.33. The Kier molecular flexibility index (Phi) is 9.16. The molecule has 2 aromatic carbocycles. The highest BCUT2D eigenvalue weighted by Gasteiger charge is 2.22. The molecule has 0 fully saturated rings. The van der Waals surface area contributed by atoms with Crippen LogP contribution in [0, 0.1) is 18.6 Å². The first-order chi connectivity index (χ1) is 16.9. The summed E-state index contributed by atoms with van der Waals surface area (Å²) < 4.78 is 37.8. The maximum atomic E-state index is 13.8. The van der Waals surface area contributed by atoms with Crippen molar-refractivity contribution in [1.82, 2.24) is 15.4 Å². The minimum absolute atomic E-state index is 0.0270. The van der Waals surface area contributed by atoms with Crippen LogP contribution in [0.1, 0.15) is 24.8 Å². The molecule has 8 nitrogen and oxygen atoms in total. The Morgan fingerprint density at radius 1 is 1.17 bits per heavy atom. The van der Waals surface area contributed by atoms with Gasteiger partial charge in [0.1, 0.15) is 6.61 Å². The minimum Gasteiger partial charge on any atom is -0.447 e. The molecule has 10 heteroatoms. The number of unbranched alkanes of at least 4 members (excludes halogenated alkanes) is 1. The van der Waals surface area contributed by atoms with Crippen molar-refractivity contribution in [2.45, 2.75) is 31.8 Å². The van der Waals surface area contributed by atoms with Gasteiger partial charge in [0.2, 0.25) is 0 Å². The molecule has 0 bridgehead atoms. The van der Waals surface area contributed by atoms with Crippen LogP contribution in [0.3, 0.4) is 0 Å². The second-order valence-corrected chi connectivity index (χ2v) is 7.80. The van der Waals surface area contributed by atoms with E-state index in [2.05, 4.69) is 22.7 Å². The van der Waals surface area contributed by atoms with Crippen LogP contribution in [-0.2, 0) is 11.3 Å². The molecule has 0 spiro atoms. The summed E-state index contributed by atoms with van der Waals surface area (Å²) >= 11 is 0. The third-order valence-corrected chi connectivity index (χ3v) is 5.32. The number of benzene rings is 2. The Labute approximate surface area is 202 Å². The molecular formula is C25H27F2N4O4. The van der Waals surface area contributed by atoms with Crippen LogP contribution in [-0.4, -0.2) is 41.9 Å². The van der Waals surface area contributed by atoms with E-state index in [9.17, 15) is 18.4 Å². The molecule has 0 aliphatic rings. The summed E-state index contributed by atoms with van der Waals surface area (Å²) in [7, 11) is 1.54. The van der Waals surface area contributed by atoms with Crippen LogP contribution in [0.5, 0.6) is 0 Å². The lowest BCUT2D eigenvalue weighted by Gasteiger charge is -2.28. The van der Waals surface area contributed by atoms with Gasteiger partial charge in [0, 0.05) is 30.8 Å². The van der Waals surface area contributed by atoms with Gasteiger partial charge in [-0.05, 0) is 12.5 Å². The summed E-state index contributed by atoms with van der Waals surface area (Å²) in [5, 5.41) is 8.86. The number of nitrogens with one attached hydrogen (secondary N) is 2. The fourth-order valence-electron chi connectivity index (χ4n) is 3.30. The molecule has 3 rings (SSSR count). The molecule has 0 saturated carbocycles. The zero-order valence-corrected chi connectivity index (χ0v) is 19.3. The lowest BCUT2D eigenvalue weighted by molar-refractivity contribution is 0.113. The second-order valence-electron chi connectivity index (χ2n) is 7.80. The van der Waals surface area contributed by atoms with Crippen molar-refractivity contribution in [3.05, 3.63) is 78.7 Å². The van der Waals surface area contributed by atoms with E-state index in [1.807, 2.05) is 30.3 Å². The van der Waals surface area contributed by atoms with Crippen LogP contribution < -0.4 is 10.6 Å². The van der Waals surface area contributed by atoms with Gasteiger partial charge >= 0.3 is 12.1 Å². The molecule has 3 amide bonds. The minimum atomic E-state index is -1.01. The molecule has 0 unspecified atom stereocenters. The van der Waals surface area contributed by atoms with Crippen molar-refractivity contribution in [3.63, 3.8) is 0 Å². The van der Waals surface area contributed by atoms with Crippen LogP contribution in [0.2, 0.25) is 0 Å². The molecule has 1 atom stereocenters. The number of anilines is 1. The highest BCUT2D eigenvalue weighted by Crippen LogP contribution is 2.22. The van der Waals surface area contributed by atoms with Gasteiger partial charge in [-0.3, -0.25) is 5.32 Å². The first-order valence-electron chi connectivity index (χ1n) is 11.1. The molecule has 185 valence electrons. The zero-order chi connectivity index (χ0) is 25.2. The van der Waals surface area contributed by atoms with E-state index in [0.29, 0.717) is 25.0 Å². The number of carbonyl (C=O) groups excluding carboxylic acids is 2. The number of hydrogen-bond donors (Lipinski definition) is 2. The van der Waals surface area contributed by atoms with Crippen LogP contribution in [0.25, 0.3) is 11.3 Å². The fraction of sp³-hybridized carbons (Fsp3) is 0.280. The monoisotopic (exact) mass is 485 g/mol. The van der Waals surface area contributed by atoms with Crippen molar-refractivity contribution in [3.8, 4) is 11.3 Å². The third-order valence-electron chi connectivity index (χ3n) is 5.32. The van der Waals surface area contributed by atoms with Crippen LogP contribution >= 0.6 is 0 Å². The first kappa shape index (κ1) is 25.7. The van der Waals surface area contributed by atoms with Gasteiger partial charge in [-0.25, -0.2) is 18.4 Å². The number of ether oxygens (including phenoxy) is 1. The molecule has 3 aromatic rings. The third kappa shape index (κ3) is 7.26. The lowest BCUT2D eigenvalue weighted by atomic mass is 10.1. The number of likely N-dealkylation sites (N-methyl/N-ethyl adjacent to an activating group) is 1. The zero-order valence-electron chi connectivity index (χ0n) is 19.3. The topological polar surface area (TPSA) is 96.7 Å². The van der Waals surface area contributed by atoms with Crippen molar-refractivity contribution in [2.24, 2.45) is 0 Å². The van der Waals surface area contributed by atoms with Gasteiger partial charge in [0.25, 0.3) is 0 Å².